The molecule has 0 spiro atoms. The fraction of sp³-hybridized carbons (Fsp3) is 0.438. The van der Waals surface area contributed by atoms with Gasteiger partial charge in [-0.05, 0) is 30.5 Å². The van der Waals surface area contributed by atoms with Crippen molar-refractivity contribution in [1.29, 1.82) is 0 Å². The smallest absolute Gasteiger partial charge is 0.212 e. The summed E-state index contributed by atoms with van der Waals surface area (Å²) in [7, 11) is 1.64. The molecule has 2 aromatic rings. The molecule has 0 aliphatic carbocycles. The molecule has 1 saturated heterocycles. The van der Waals surface area contributed by atoms with Crippen LogP contribution in [0.25, 0.3) is 0 Å². The number of aromatic nitrogens is 3. The van der Waals surface area contributed by atoms with Crippen molar-refractivity contribution < 1.29 is 4.74 Å². The number of piperidine rings is 1. The van der Waals surface area contributed by atoms with Crippen molar-refractivity contribution in [2.75, 3.05) is 25.5 Å². The van der Waals surface area contributed by atoms with Crippen LogP contribution in [-0.2, 0) is 6.54 Å². The molecular weight excluding hydrogens is 278 g/mol. The van der Waals surface area contributed by atoms with Crippen LogP contribution in [0, 0.1) is 0 Å². The van der Waals surface area contributed by atoms with Gasteiger partial charge >= 0.3 is 0 Å². The van der Waals surface area contributed by atoms with Gasteiger partial charge in [0.15, 0.2) is 0 Å². The zero-order valence-corrected chi connectivity index (χ0v) is 12.8. The molecule has 0 radical (unpaired) electrons. The molecule has 3 heterocycles. The Hall–Kier alpha value is -2.21. The molecule has 1 aliphatic heterocycles. The second-order valence-electron chi connectivity index (χ2n) is 5.51. The van der Waals surface area contributed by atoms with E-state index in [0.29, 0.717) is 11.9 Å². The molecule has 0 amide bonds. The van der Waals surface area contributed by atoms with E-state index in [2.05, 4.69) is 31.5 Å². The average Bonchev–Trinajstić information content (AvgIpc) is 2.58. The third-order valence-corrected chi connectivity index (χ3v) is 3.92. The first-order chi connectivity index (χ1) is 10.8. The van der Waals surface area contributed by atoms with Crippen molar-refractivity contribution in [1.82, 2.24) is 20.1 Å². The van der Waals surface area contributed by atoms with E-state index >= 15 is 0 Å². The molecule has 1 N–H and O–H groups in total. The van der Waals surface area contributed by atoms with Crippen molar-refractivity contribution in [3.63, 3.8) is 0 Å². The topological polar surface area (TPSA) is 63.2 Å². The SMILES string of the molecule is COc1ccc(CN2CCC(Nc3cccnn3)CC2)cn1. The number of methoxy groups -OCH3 is 1. The maximum Gasteiger partial charge on any atom is 0.212 e. The molecule has 6 heteroatoms. The monoisotopic (exact) mass is 299 g/mol. The number of pyridine rings is 1. The third kappa shape index (κ3) is 3.92. The Morgan fingerprint density at radius 1 is 1.27 bits per heavy atom. The first kappa shape index (κ1) is 14.7. The third-order valence-electron chi connectivity index (χ3n) is 3.92. The first-order valence-corrected chi connectivity index (χ1v) is 7.59. The second-order valence-corrected chi connectivity index (χ2v) is 5.51. The summed E-state index contributed by atoms with van der Waals surface area (Å²) in [4.78, 5) is 6.71. The van der Waals surface area contributed by atoms with Gasteiger partial charge in [-0.15, -0.1) is 5.10 Å². The number of hydrogen-bond acceptors (Lipinski definition) is 6. The number of nitrogens with zero attached hydrogens (tertiary/aromatic N) is 4. The largest absolute Gasteiger partial charge is 0.481 e. The van der Waals surface area contributed by atoms with Crippen molar-refractivity contribution in [3.8, 4) is 5.88 Å². The number of hydrogen-bond donors (Lipinski definition) is 1. The fourth-order valence-electron chi connectivity index (χ4n) is 2.71. The van der Waals surface area contributed by atoms with E-state index in [4.69, 9.17) is 4.74 Å². The Labute approximate surface area is 130 Å². The summed E-state index contributed by atoms with van der Waals surface area (Å²) in [5.74, 6) is 1.52. The van der Waals surface area contributed by atoms with Crippen LogP contribution in [0.1, 0.15) is 18.4 Å². The lowest BCUT2D eigenvalue weighted by Crippen LogP contribution is -2.38. The van der Waals surface area contributed by atoms with Gasteiger partial charge < -0.3 is 10.1 Å². The van der Waals surface area contributed by atoms with Crippen LogP contribution < -0.4 is 10.1 Å². The molecule has 2 aromatic heterocycles. The first-order valence-electron chi connectivity index (χ1n) is 7.59. The fourth-order valence-corrected chi connectivity index (χ4v) is 2.71. The molecule has 0 bridgehead atoms. The molecule has 0 atom stereocenters. The Bertz CT molecular complexity index is 567. The highest BCUT2D eigenvalue weighted by molar-refractivity contribution is 5.33. The normalized spacial score (nSPS) is 16.4. The predicted molar refractivity (Wildman–Crippen MR) is 84.7 cm³/mol. The van der Waals surface area contributed by atoms with E-state index in [1.54, 1.807) is 13.3 Å². The minimum absolute atomic E-state index is 0.474. The molecule has 1 fully saturated rings. The summed E-state index contributed by atoms with van der Waals surface area (Å²) in [5.41, 5.74) is 1.22. The highest BCUT2D eigenvalue weighted by Gasteiger charge is 2.19. The van der Waals surface area contributed by atoms with E-state index < -0.39 is 0 Å². The number of rotatable bonds is 5. The van der Waals surface area contributed by atoms with Crippen molar-refractivity contribution in [2.24, 2.45) is 0 Å². The van der Waals surface area contributed by atoms with Gasteiger partial charge in [0.1, 0.15) is 5.82 Å². The molecule has 1 aliphatic rings. The second kappa shape index (κ2) is 7.17. The van der Waals surface area contributed by atoms with Gasteiger partial charge in [-0.25, -0.2) is 4.98 Å². The highest BCUT2D eigenvalue weighted by atomic mass is 16.5. The molecule has 22 heavy (non-hydrogen) atoms. The summed E-state index contributed by atoms with van der Waals surface area (Å²) in [6.07, 6.45) is 5.81. The Balaban J connectivity index is 1.47. The van der Waals surface area contributed by atoms with Gasteiger partial charge in [0.2, 0.25) is 5.88 Å². The van der Waals surface area contributed by atoms with E-state index in [1.165, 1.54) is 5.56 Å². The van der Waals surface area contributed by atoms with Crippen LogP contribution in [-0.4, -0.2) is 46.3 Å². The Morgan fingerprint density at radius 2 is 2.14 bits per heavy atom. The van der Waals surface area contributed by atoms with E-state index in [1.807, 2.05) is 24.4 Å². The summed E-state index contributed by atoms with van der Waals surface area (Å²) in [6, 6.07) is 8.33. The zero-order chi connectivity index (χ0) is 15.2. The number of ether oxygens (including phenoxy) is 1. The van der Waals surface area contributed by atoms with Crippen molar-refractivity contribution >= 4 is 5.82 Å². The summed E-state index contributed by atoms with van der Waals surface area (Å²) in [5, 5.41) is 11.4. The molecule has 116 valence electrons. The van der Waals surface area contributed by atoms with Crippen LogP contribution in [0.5, 0.6) is 5.88 Å². The maximum atomic E-state index is 5.09. The van der Waals surface area contributed by atoms with Crippen LogP contribution in [0.3, 0.4) is 0 Å². The van der Waals surface area contributed by atoms with Crippen LogP contribution >= 0.6 is 0 Å². The summed E-state index contributed by atoms with van der Waals surface area (Å²) >= 11 is 0. The van der Waals surface area contributed by atoms with E-state index in [-0.39, 0.29) is 0 Å². The van der Waals surface area contributed by atoms with Crippen LogP contribution in [0.15, 0.2) is 36.7 Å². The van der Waals surface area contributed by atoms with Gasteiger partial charge in [-0.2, -0.15) is 5.10 Å². The number of likely N-dealkylation sites (tertiary alicyclic amines) is 1. The lowest BCUT2D eigenvalue weighted by molar-refractivity contribution is 0.211. The molecule has 0 saturated carbocycles. The van der Waals surface area contributed by atoms with Crippen molar-refractivity contribution in [3.05, 3.63) is 42.2 Å². The zero-order valence-electron chi connectivity index (χ0n) is 12.8. The highest BCUT2D eigenvalue weighted by Crippen LogP contribution is 2.17. The Morgan fingerprint density at radius 3 is 2.77 bits per heavy atom. The average molecular weight is 299 g/mol. The van der Waals surface area contributed by atoms with Gasteiger partial charge in [-0.1, -0.05) is 6.07 Å². The lowest BCUT2D eigenvalue weighted by Gasteiger charge is -2.32. The van der Waals surface area contributed by atoms with E-state index in [9.17, 15) is 0 Å². The van der Waals surface area contributed by atoms with Gasteiger partial charge in [0.05, 0.1) is 7.11 Å². The Kier molecular flexibility index (Phi) is 4.80. The maximum absolute atomic E-state index is 5.09. The predicted octanol–water partition coefficient (Wildman–Crippen LogP) is 1.96. The van der Waals surface area contributed by atoms with Crippen molar-refractivity contribution in [2.45, 2.75) is 25.4 Å². The molecule has 0 unspecified atom stereocenters. The standard InChI is InChI=1S/C16H21N5O/c1-22-16-5-4-13(11-17-16)12-21-9-6-14(7-10-21)19-15-3-2-8-18-20-15/h2-5,8,11,14H,6-7,9-10,12H2,1H3,(H,19,20). The molecular formula is C16H21N5O. The van der Waals surface area contributed by atoms with Gasteiger partial charge in [-0.3, -0.25) is 4.90 Å². The molecule has 3 rings (SSSR count). The minimum Gasteiger partial charge on any atom is -0.481 e. The summed E-state index contributed by atoms with van der Waals surface area (Å²) in [6.45, 7) is 3.09. The van der Waals surface area contributed by atoms with Gasteiger partial charge in [0, 0.05) is 44.1 Å². The quantitative estimate of drug-likeness (QED) is 0.910. The van der Waals surface area contributed by atoms with E-state index in [0.717, 1.165) is 38.3 Å². The minimum atomic E-state index is 0.474. The van der Waals surface area contributed by atoms with Crippen LogP contribution in [0.4, 0.5) is 5.82 Å². The number of nitrogens with one attached hydrogen (secondary N) is 1. The lowest BCUT2D eigenvalue weighted by atomic mass is 10.0. The number of anilines is 1. The molecule has 0 aromatic carbocycles. The van der Waals surface area contributed by atoms with Gasteiger partial charge in [0.25, 0.3) is 0 Å². The summed E-state index contributed by atoms with van der Waals surface area (Å²) < 4.78 is 5.09. The van der Waals surface area contributed by atoms with Crippen LogP contribution in [0.2, 0.25) is 0 Å². The molecule has 6 nitrogen and oxygen atoms in total.